The van der Waals surface area contributed by atoms with Gasteiger partial charge in [0.15, 0.2) is 0 Å². The number of rotatable bonds is 9. The minimum atomic E-state index is 0.500. The lowest BCUT2D eigenvalue weighted by Crippen LogP contribution is -2.52. The monoisotopic (exact) mass is 435 g/mol. The summed E-state index contributed by atoms with van der Waals surface area (Å²) in [6.45, 7) is 13.1. The second-order valence-corrected chi connectivity index (χ2v) is 10.8. The fourth-order valence-corrected chi connectivity index (χ4v) is 7.09. The van der Waals surface area contributed by atoms with Crippen LogP contribution in [0.25, 0.3) is 0 Å². The van der Waals surface area contributed by atoms with E-state index in [4.69, 9.17) is 14.2 Å². The largest absolute Gasteiger partial charge is 0.379 e. The van der Waals surface area contributed by atoms with Gasteiger partial charge in [-0.2, -0.15) is 0 Å². The summed E-state index contributed by atoms with van der Waals surface area (Å²) < 4.78 is 17.6. The van der Waals surface area contributed by atoms with E-state index in [1.54, 1.807) is 0 Å². The van der Waals surface area contributed by atoms with E-state index < -0.39 is 0 Å². The Morgan fingerprint density at radius 1 is 0.839 bits per heavy atom. The fourth-order valence-electron chi connectivity index (χ4n) is 7.09. The molecule has 178 valence electrons. The van der Waals surface area contributed by atoms with Crippen molar-refractivity contribution < 1.29 is 14.2 Å². The lowest BCUT2D eigenvalue weighted by atomic mass is 9.96. The van der Waals surface area contributed by atoms with Gasteiger partial charge in [-0.05, 0) is 65.2 Å². The van der Waals surface area contributed by atoms with Gasteiger partial charge in [-0.3, -0.25) is 14.7 Å². The molecule has 0 aromatic rings. The van der Waals surface area contributed by atoms with Crippen LogP contribution in [-0.4, -0.2) is 110 Å². The van der Waals surface area contributed by atoms with E-state index in [9.17, 15) is 0 Å². The molecule has 0 N–H and O–H groups in total. The molecule has 2 bridgehead atoms. The molecule has 4 heterocycles. The number of fused-ring (bicyclic) bond motifs is 3. The highest BCUT2D eigenvalue weighted by Crippen LogP contribution is 2.35. The van der Waals surface area contributed by atoms with Gasteiger partial charge in [0, 0.05) is 56.4 Å². The van der Waals surface area contributed by atoms with E-state index in [1.807, 2.05) is 0 Å². The van der Waals surface area contributed by atoms with Crippen LogP contribution >= 0.6 is 0 Å². The average Bonchev–Trinajstić information content (AvgIpc) is 3.56. The molecular weight excluding hydrogens is 390 g/mol. The third-order valence-electron chi connectivity index (χ3n) is 9.01. The minimum absolute atomic E-state index is 0.500. The Labute approximate surface area is 189 Å². The Bertz CT molecular complexity index is 572. The Hall–Kier alpha value is -0.240. The van der Waals surface area contributed by atoms with Gasteiger partial charge in [0.2, 0.25) is 0 Å². The summed E-state index contributed by atoms with van der Waals surface area (Å²) in [4.78, 5) is 8.27. The van der Waals surface area contributed by atoms with Crippen molar-refractivity contribution in [1.82, 2.24) is 14.7 Å². The van der Waals surface area contributed by atoms with Gasteiger partial charge in [-0.1, -0.05) is 0 Å². The normalized spacial score (nSPS) is 37.7. The quantitative estimate of drug-likeness (QED) is 0.554. The molecule has 1 saturated carbocycles. The van der Waals surface area contributed by atoms with E-state index in [0.29, 0.717) is 42.4 Å². The maximum atomic E-state index is 6.07. The van der Waals surface area contributed by atoms with Gasteiger partial charge in [0.05, 0.1) is 38.6 Å². The summed E-state index contributed by atoms with van der Waals surface area (Å²) in [7, 11) is 0. The molecule has 4 aliphatic heterocycles. The van der Waals surface area contributed by atoms with Gasteiger partial charge in [-0.15, -0.1) is 0 Å². The van der Waals surface area contributed by atoms with Crippen molar-refractivity contribution in [2.75, 3.05) is 52.6 Å². The summed E-state index contributed by atoms with van der Waals surface area (Å²) in [5.74, 6) is 0. The minimum Gasteiger partial charge on any atom is -0.379 e. The summed E-state index contributed by atoms with van der Waals surface area (Å²) >= 11 is 0. The zero-order valence-corrected chi connectivity index (χ0v) is 19.9. The molecule has 7 unspecified atom stereocenters. The van der Waals surface area contributed by atoms with Gasteiger partial charge in [-0.25, -0.2) is 0 Å². The van der Waals surface area contributed by atoms with Crippen molar-refractivity contribution in [2.24, 2.45) is 0 Å². The Balaban J connectivity index is 1.17. The molecule has 0 aromatic carbocycles. The molecule has 0 aromatic heterocycles. The van der Waals surface area contributed by atoms with Crippen LogP contribution in [0.4, 0.5) is 0 Å². The maximum Gasteiger partial charge on any atom is 0.0731 e. The van der Waals surface area contributed by atoms with E-state index in [-0.39, 0.29) is 0 Å². The summed E-state index contributed by atoms with van der Waals surface area (Å²) in [6.07, 6.45) is 11.5. The number of nitrogens with zero attached hydrogens (tertiary/aromatic N) is 3. The predicted molar refractivity (Wildman–Crippen MR) is 123 cm³/mol. The molecule has 0 amide bonds. The SMILES string of the molecule is CC(CCC(CCC(C)N1CCOC2CCCC21)N1CC2CC1CO2)N1CCOCC1. The van der Waals surface area contributed by atoms with Crippen molar-refractivity contribution in [2.45, 2.75) is 108 Å². The topological polar surface area (TPSA) is 37.4 Å². The van der Waals surface area contributed by atoms with Crippen LogP contribution in [0.2, 0.25) is 0 Å². The zero-order chi connectivity index (χ0) is 21.2. The molecule has 1 aliphatic carbocycles. The maximum absolute atomic E-state index is 6.07. The first-order valence-corrected chi connectivity index (χ1v) is 13.3. The van der Waals surface area contributed by atoms with Crippen LogP contribution in [-0.2, 0) is 14.2 Å². The van der Waals surface area contributed by atoms with Crippen LogP contribution < -0.4 is 0 Å². The van der Waals surface area contributed by atoms with Gasteiger partial charge < -0.3 is 14.2 Å². The van der Waals surface area contributed by atoms with Crippen LogP contribution in [0.15, 0.2) is 0 Å². The predicted octanol–water partition coefficient (Wildman–Crippen LogP) is 2.75. The number of morpholine rings is 3. The van der Waals surface area contributed by atoms with E-state index >= 15 is 0 Å². The first-order valence-electron chi connectivity index (χ1n) is 13.3. The van der Waals surface area contributed by atoms with Crippen molar-refractivity contribution in [3.05, 3.63) is 0 Å². The highest BCUT2D eigenvalue weighted by Gasteiger charge is 2.43. The van der Waals surface area contributed by atoms with Gasteiger partial charge >= 0.3 is 0 Å². The molecule has 0 radical (unpaired) electrons. The number of hydrogen-bond donors (Lipinski definition) is 0. The van der Waals surface area contributed by atoms with Crippen molar-refractivity contribution in [1.29, 1.82) is 0 Å². The number of likely N-dealkylation sites (tertiary alicyclic amines) is 1. The Morgan fingerprint density at radius 3 is 2.39 bits per heavy atom. The summed E-state index contributed by atoms with van der Waals surface area (Å²) in [6, 6.07) is 3.40. The third kappa shape index (κ3) is 5.15. The average molecular weight is 436 g/mol. The van der Waals surface area contributed by atoms with E-state index in [2.05, 4.69) is 28.5 Å². The van der Waals surface area contributed by atoms with E-state index in [1.165, 1.54) is 51.4 Å². The number of hydrogen-bond acceptors (Lipinski definition) is 6. The highest BCUT2D eigenvalue weighted by atomic mass is 16.5. The van der Waals surface area contributed by atoms with E-state index in [0.717, 1.165) is 52.6 Å². The smallest absolute Gasteiger partial charge is 0.0731 e. The molecule has 0 spiro atoms. The third-order valence-corrected chi connectivity index (χ3v) is 9.01. The van der Waals surface area contributed by atoms with Gasteiger partial charge in [0.1, 0.15) is 0 Å². The lowest BCUT2D eigenvalue weighted by molar-refractivity contribution is -0.0716. The zero-order valence-electron chi connectivity index (χ0n) is 19.9. The second-order valence-electron chi connectivity index (χ2n) is 10.8. The summed E-state index contributed by atoms with van der Waals surface area (Å²) in [5, 5.41) is 0. The fraction of sp³-hybridized carbons (Fsp3) is 1.00. The molecule has 31 heavy (non-hydrogen) atoms. The molecule has 5 fully saturated rings. The van der Waals surface area contributed by atoms with Crippen LogP contribution in [0, 0.1) is 0 Å². The van der Waals surface area contributed by atoms with Crippen LogP contribution in [0.3, 0.4) is 0 Å². The number of ether oxygens (including phenoxy) is 3. The molecule has 5 aliphatic rings. The van der Waals surface area contributed by atoms with Crippen molar-refractivity contribution in [3.63, 3.8) is 0 Å². The van der Waals surface area contributed by atoms with Crippen LogP contribution in [0.5, 0.6) is 0 Å². The first-order chi connectivity index (χ1) is 15.2. The molecule has 7 atom stereocenters. The second kappa shape index (κ2) is 10.4. The molecule has 6 heteroatoms. The molecule has 4 saturated heterocycles. The highest BCUT2D eigenvalue weighted by molar-refractivity contribution is 4.96. The molecule has 5 rings (SSSR count). The molecule has 6 nitrogen and oxygen atoms in total. The molecular formula is C25H45N3O3. The van der Waals surface area contributed by atoms with Crippen molar-refractivity contribution in [3.8, 4) is 0 Å². The summed E-state index contributed by atoms with van der Waals surface area (Å²) in [5.41, 5.74) is 0. The first kappa shape index (κ1) is 22.5. The van der Waals surface area contributed by atoms with Crippen LogP contribution in [0.1, 0.15) is 65.2 Å². The van der Waals surface area contributed by atoms with Gasteiger partial charge in [0.25, 0.3) is 0 Å². The lowest BCUT2D eigenvalue weighted by Gasteiger charge is -2.42. The Morgan fingerprint density at radius 2 is 1.65 bits per heavy atom. The van der Waals surface area contributed by atoms with Crippen molar-refractivity contribution >= 4 is 0 Å². The Kier molecular flexibility index (Phi) is 7.53. The standard InChI is InChI=1S/C25H45N3O3/c1-19(26-10-13-29-14-11-26)6-8-21(28-17-23-16-22(28)18-31-23)9-7-20(2)27-12-15-30-25-5-3-4-24(25)27/h19-25H,3-18H2,1-2H3.